The Labute approximate surface area is 117 Å². The molecule has 0 radical (unpaired) electrons. The summed E-state index contributed by atoms with van der Waals surface area (Å²) in [5.74, 6) is 0. The monoisotopic (exact) mass is 298 g/mol. The van der Waals surface area contributed by atoms with E-state index in [0.29, 0.717) is 23.5 Å². The van der Waals surface area contributed by atoms with Crippen molar-refractivity contribution in [2.24, 2.45) is 14.1 Å². The van der Waals surface area contributed by atoms with E-state index in [9.17, 15) is 8.42 Å². The molecular weight excluding hydrogens is 280 g/mol. The van der Waals surface area contributed by atoms with E-state index < -0.39 is 10.0 Å². The van der Waals surface area contributed by atoms with Gasteiger partial charge in [0.1, 0.15) is 4.90 Å². The minimum Gasteiger partial charge on any atom is -0.390 e. The molecule has 0 aliphatic rings. The summed E-state index contributed by atoms with van der Waals surface area (Å²) in [5.41, 5.74) is 1.70. The highest BCUT2D eigenvalue weighted by atomic mass is 32.2. The second-order valence-electron chi connectivity index (χ2n) is 4.56. The number of nitrogens with zero attached hydrogens (tertiary/aromatic N) is 3. The molecule has 2 aromatic heterocycles. The molecule has 2 N–H and O–H groups in total. The number of hydrogen-bond donors (Lipinski definition) is 2. The van der Waals surface area contributed by atoms with E-state index in [4.69, 9.17) is 5.11 Å². The van der Waals surface area contributed by atoms with Crippen molar-refractivity contribution >= 4 is 15.7 Å². The van der Waals surface area contributed by atoms with E-state index in [2.05, 4.69) is 9.82 Å². The highest BCUT2D eigenvalue weighted by molar-refractivity contribution is 7.92. The first-order chi connectivity index (χ1) is 9.37. The molecule has 2 aromatic rings. The van der Waals surface area contributed by atoms with Crippen molar-refractivity contribution in [1.29, 1.82) is 0 Å². The summed E-state index contributed by atoms with van der Waals surface area (Å²) in [7, 11) is -0.254. The molecule has 0 saturated carbocycles. The van der Waals surface area contributed by atoms with Gasteiger partial charge in [-0.05, 0) is 12.5 Å². The minimum absolute atomic E-state index is 0.120. The SMILES string of the molecule is CCc1nn(C)cc1NS(=O)(=O)c1cc(CO)n(C)c1. The fourth-order valence-corrected chi connectivity index (χ4v) is 3.13. The molecule has 0 bridgehead atoms. The maximum absolute atomic E-state index is 12.3. The van der Waals surface area contributed by atoms with Gasteiger partial charge in [-0.3, -0.25) is 9.40 Å². The quantitative estimate of drug-likeness (QED) is 0.846. The van der Waals surface area contributed by atoms with Gasteiger partial charge in [0.05, 0.1) is 18.0 Å². The van der Waals surface area contributed by atoms with E-state index in [1.54, 1.807) is 29.5 Å². The fourth-order valence-electron chi connectivity index (χ4n) is 1.97. The van der Waals surface area contributed by atoms with Crippen LogP contribution in [0.15, 0.2) is 23.4 Å². The molecule has 0 unspecified atom stereocenters. The molecule has 2 rings (SSSR count). The predicted octanol–water partition coefficient (Wildman–Crippen LogP) is 0.614. The normalized spacial score (nSPS) is 11.8. The van der Waals surface area contributed by atoms with Gasteiger partial charge in [-0.25, -0.2) is 8.42 Å². The smallest absolute Gasteiger partial charge is 0.263 e. The molecule has 20 heavy (non-hydrogen) atoms. The van der Waals surface area contributed by atoms with Gasteiger partial charge in [0.2, 0.25) is 0 Å². The molecule has 0 aromatic carbocycles. The summed E-state index contributed by atoms with van der Waals surface area (Å²) in [6, 6.07) is 1.45. The van der Waals surface area contributed by atoms with E-state index in [1.165, 1.54) is 12.3 Å². The van der Waals surface area contributed by atoms with Gasteiger partial charge in [0.15, 0.2) is 0 Å². The third-order valence-corrected chi connectivity index (χ3v) is 4.37. The first kappa shape index (κ1) is 14.6. The Hall–Kier alpha value is -1.80. The molecule has 7 nitrogen and oxygen atoms in total. The maximum atomic E-state index is 12.3. The van der Waals surface area contributed by atoms with E-state index in [-0.39, 0.29) is 11.5 Å². The molecule has 8 heteroatoms. The number of anilines is 1. The molecule has 0 aliphatic heterocycles. The number of aromatic nitrogens is 3. The largest absolute Gasteiger partial charge is 0.390 e. The van der Waals surface area contributed by atoms with Crippen LogP contribution in [0.4, 0.5) is 5.69 Å². The highest BCUT2D eigenvalue weighted by Gasteiger charge is 2.20. The van der Waals surface area contributed by atoms with Gasteiger partial charge < -0.3 is 9.67 Å². The lowest BCUT2D eigenvalue weighted by molar-refractivity contribution is 0.272. The topological polar surface area (TPSA) is 89.2 Å². The molecular formula is C12H18N4O3S. The van der Waals surface area contributed by atoms with Crippen LogP contribution < -0.4 is 4.72 Å². The number of aliphatic hydroxyl groups excluding tert-OH is 1. The van der Waals surface area contributed by atoms with Crippen LogP contribution >= 0.6 is 0 Å². The van der Waals surface area contributed by atoms with E-state index in [1.807, 2.05) is 6.92 Å². The van der Waals surface area contributed by atoms with Crippen molar-refractivity contribution in [2.75, 3.05) is 4.72 Å². The maximum Gasteiger partial charge on any atom is 0.263 e. The molecule has 0 fully saturated rings. The lowest BCUT2D eigenvalue weighted by Crippen LogP contribution is -2.13. The third kappa shape index (κ3) is 2.70. The summed E-state index contributed by atoms with van der Waals surface area (Å²) < 4.78 is 30.3. The van der Waals surface area contributed by atoms with Crippen molar-refractivity contribution in [1.82, 2.24) is 14.3 Å². The molecule has 2 heterocycles. The lowest BCUT2D eigenvalue weighted by Gasteiger charge is -2.05. The van der Waals surface area contributed by atoms with Gasteiger partial charge in [-0.15, -0.1) is 0 Å². The average Bonchev–Trinajstić information content (AvgIpc) is 2.92. The minimum atomic E-state index is -3.68. The summed E-state index contributed by atoms with van der Waals surface area (Å²) in [4.78, 5) is 0.120. The molecule has 0 saturated heterocycles. The van der Waals surface area contributed by atoms with Crippen LogP contribution in [0.1, 0.15) is 18.3 Å². The zero-order valence-corrected chi connectivity index (χ0v) is 12.5. The van der Waals surface area contributed by atoms with Crippen molar-refractivity contribution in [2.45, 2.75) is 24.8 Å². The van der Waals surface area contributed by atoms with Crippen LogP contribution in [0, 0.1) is 0 Å². The predicted molar refractivity (Wildman–Crippen MR) is 74.7 cm³/mol. The van der Waals surface area contributed by atoms with Crippen molar-refractivity contribution in [3.8, 4) is 0 Å². The van der Waals surface area contributed by atoms with Crippen LogP contribution in [-0.2, 0) is 37.1 Å². The second kappa shape index (κ2) is 5.29. The lowest BCUT2D eigenvalue weighted by atomic mass is 10.3. The Morgan fingerprint density at radius 1 is 1.35 bits per heavy atom. The van der Waals surface area contributed by atoms with Crippen molar-refractivity contribution < 1.29 is 13.5 Å². The van der Waals surface area contributed by atoms with Gasteiger partial charge in [0, 0.05) is 32.2 Å². The van der Waals surface area contributed by atoms with E-state index >= 15 is 0 Å². The molecule has 0 spiro atoms. The number of rotatable bonds is 5. The molecule has 0 amide bonds. The van der Waals surface area contributed by atoms with E-state index in [0.717, 1.165) is 0 Å². The Kier molecular flexibility index (Phi) is 3.87. The summed E-state index contributed by atoms with van der Waals surface area (Å²) in [5, 5.41) is 13.3. The summed E-state index contributed by atoms with van der Waals surface area (Å²) in [6.45, 7) is 1.70. The average molecular weight is 298 g/mol. The van der Waals surface area contributed by atoms with Crippen molar-refractivity contribution in [3.05, 3.63) is 29.8 Å². The van der Waals surface area contributed by atoms with Crippen LogP contribution in [0.25, 0.3) is 0 Å². The summed E-state index contributed by atoms with van der Waals surface area (Å²) in [6.07, 6.45) is 3.73. The second-order valence-corrected chi connectivity index (χ2v) is 6.24. The fraction of sp³-hybridized carbons (Fsp3) is 0.417. The van der Waals surface area contributed by atoms with Gasteiger partial charge >= 0.3 is 0 Å². The van der Waals surface area contributed by atoms with Gasteiger partial charge in [0.25, 0.3) is 10.0 Å². The molecule has 0 atom stereocenters. The van der Waals surface area contributed by atoms with Crippen LogP contribution in [0.2, 0.25) is 0 Å². The standard InChI is InChI=1S/C12H18N4O3S/c1-4-11-12(7-16(3)13-11)14-20(18,19)10-5-9(8-17)15(2)6-10/h5-7,14,17H,4,8H2,1-3H3. The first-order valence-electron chi connectivity index (χ1n) is 6.18. The van der Waals surface area contributed by atoms with Crippen molar-refractivity contribution in [3.63, 3.8) is 0 Å². The Balaban J connectivity index is 2.35. The molecule has 110 valence electrons. The number of sulfonamides is 1. The van der Waals surface area contributed by atoms with Crippen LogP contribution in [0.3, 0.4) is 0 Å². The molecule has 0 aliphatic carbocycles. The van der Waals surface area contributed by atoms with Crippen LogP contribution in [0.5, 0.6) is 0 Å². The number of hydrogen-bond acceptors (Lipinski definition) is 4. The van der Waals surface area contributed by atoms with Gasteiger partial charge in [-0.1, -0.05) is 6.92 Å². The number of aryl methyl sites for hydroxylation is 3. The number of aliphatic hydroxyl groups is 1. The zero-order valence-electron chi connectivity index (χ0n) is 11.7. The Morgan fingerprint density at radius 3 is 2.60 bits per heavy atom. The highest BCUT2D eigenvalue weighted by Crippen LogP contribution is 2.21. The third-order valence-electron chi connectivity index (χ3n) is 3.04. The van der Waals surface area contributed by atoms with Crippen LogP contribution in [-0.4, -0.2) is 27.9 Å². The number of nitrogens with one attached hydrogen (secondary N) is 1. The first-order valence-corrected chi connectivity index (χ1v) is 7.67. The summed E-state index contributed by atoms with van der Waals surface area (Å²) >= 11 is 0. The Morgan fingerprint density at radius 2 is 2.05 bits per heavy atom. The zero-order chi connectivity index (χ0) is 14.9. The van der Waals surface area contributed by atoms with Gasteiger partial charge in [-0.2, -0.15) is 5.10 Å². The Bertz CT molecular complexity index is 715.